The predicted molar refractivity (Wildman–Crippen MR) is 125 cm³/mol. The van der Waals surface area contributed by atoms with Gasteiger partial charge in [0.05, 0.1) is 28.1 Å². The lowest BCUT2D eigenvalue weighted by atomic mass is 10.1. The molecule has 0 heterocycles. The van der Waals surface area contributed by atoms with Gasteiger partial charge in [-0.25, -0.2) is 5.43 Å². The van der Waals surface area contributed by atoms with Gasteiger partial charge in [-0.1, -0.05) is 41.4 Å². The van der Waals surface area contributed by atoms with Gasteiger partial charge in [-0.15, -0.1) is 0 Å². The Morgan fingerprint density at radius 2 is 1.76 bits per heavy atom. The summed E-state index contributed by atoms with van der Waals surface area (Å²) in [6.45, 7) is 0.256. The van der Waals surface area contributed by atoms with Crippen molar-refractivity contribution in [3.05, 3.63) is 98.5 Å². The molecule has 0 saturated heterocycles. The molecule has 3 aromatic rings. The average Bonchev–Trinajstić information content (AvgIpc) is 2.80. The second-order valence-corrected chi connectivity index (χ2v) is 7.83. The fourth-order valence-electron chi connectivity index (χ4n) is 2.91. The number of nitrogens with one attached hydrogen (secondary N) is 2. The molecule has 0 bridgehead atoms. The van der Waals surface area contributed by atoms with Crippen LogP contribution in [0.2, 0.25) is 10.0 Å². The maximum absolute atomic E-state index is 13.0. The average molecular weight is 509 g/mol. The Morgan fingerprint density at radius 3 is 2.47 bits per heavy atom. The van der Waals surface area contributed by atoms with Crippen LogP contribution in [0.4, 0.5) is 18.9 Å². The quantitative estimate of drug-likeness (QED) is 0.303. The summed E-state index contributed by atoms with van der Waals surface area (Å²) in [5.74, 6) is -1.22. The van der Waals surface area contributed by atoms with E-state index in [-0.39, 0.29) is 28.4 Å². The number of nitrogens with two attached hydrogens (primary N) is 1. The molecule has 0 aliphatic heterocycles. The fraction of sp³-hybridized carbons (Fsp3) is 0.0870. The summed E-state index contributed by atoms with van der Waals surface area (Å²) in [6, 6.07) is 14.1. The topological polar surface area (TPSA) is 96.6 Å². The maximum atomic E-state index is 13.0. The van der Waals surface area contributed by atoms with Gasteiger partial charge in [0, 0.05) is 17.1 Å². The molecule has 2 amide bonds. The molecule has 0 spiro atoms. The summed E-state index contributed by atoms with van der Waals surface area (Å²) in [5.41, 5.74) is 8.11. The van der Waals surface area contributed by atoms with Gasteiger partial charge in [0.25, 0.3) is 11.8 Å². The van der Waals surface area contributed by atoms with Crippen molar-refractivity contribution < 1.29 is 22.8 Å². The Bertz CT molecular complexity index is 1260. The van der Waals surface area contributed by atoms with E-state index >= 15 is 0 Å². The first kappa shape index (κ1) is 25.2. The predicted octanol–water partition coefficient (Wildman–Crippen LogP) is 5.49. The SMILES string of the molecule is NCc1cccc(C(=O)Nc2ccc(Cl)cc2C(=O)N/N=C/c2ccc(Cl)c(C(F)(F)F)c2)c1. The number of anilines is 1. The number of carbonyl (C=O) groups excluding carboxylic acids is 2. The minimum absolute atomic E-state index is 0.0000612. The highest BCUT2D eigenvalue weighted by Crippen LogP contribution is 2.34. The smallest absolute Gasteiger partial charge is 0.326 e. The van der Waals surface area contributed by atoms with Crippen molar-refractivity contribution in [1.29, 1.82) is 0 Å². The second kappa shape index (κ2) is 10.7. The van der Waals surface area contributed by atoms with Crippen LogP contribution < -0.4 is 16.5 Å². The van der Waals surface area contributed by atoms with Crippen LogP contribution in [0.25, 0.3) is 0 Å². The van der Waals surface area contributed by atoms with Gasteiger partial charge in [0.15, 0.2) is 0 Å². The normalized spacial score (nSPS) is 11.5. The molecule has 0 fully saturated rings. The summed E-state index contributed by atoms with van der Waals surface area (Å²) in [4.78, 5) is 25.3. The van der Waals surface area contributed by atoms with Gasteiger partial charge in [0.1, 0.15) is 0 Å². The van der Waals surface area contributed by atoms with Crippen molar-refractivity contribution in [2.75, 3.05) is 5.32 Å². The molecule has 0 radical (unpaired) electrons. The van der Waals surface area contributed by atoms with Crippen LogP contribution in [-0.4, -0.2) is 18.0 Å². The van der Waals surface area contributed by atoms with Gasteiger partial charge in [0.2, 0.25) is 0 Å². The molecule has 0 atom stereocenters. The molecule has 34 heavy (non-hydrogen) atoms. The minimum Gasteiger partial charge on any atom is -0.326 e. The number of hydrogen-bond donors (Lipinski definition) is 3. The largest absolute Gasteiger partial charge is 0.417 e. The summed E-state index contributed by atoms with van der Waals surface area (Å²) in [5, 5.41) is 6.10. The molecule has 0 aliphatic rings. The molecule has 0 aromatic heterocycles. The molecule has 11 heteroatoms. The van der Waals surface area contributed by atoms with Gasteiger partial charge >= 0.3 is 6.18 Å². The summed E-state index contributed by atoms with van der Waals surface area (Å²) in [7, 11) is 0. The highest BCUT2D eigenvalue weighted by molar-refractivity contribution is 6.31. The van der Waals surface area contributed by atoms with E-state index < -0.39 is 28.6 Å². The van der Waals surface area contributed by atoms with E-state index in [4.69, 9.17) is 28.9 Å². The first-order chi connectivity index (χ1) is 16.1. The maximum Gasteiger partial charge on any atom is 0.417 e. The Labute approximate surface area is 202 Å². The van der Waals surface area contributed by atoms with Gasteiger partial charge in [-0.3, -0.25) is 9.59 Å². The molecule has 0 aliphatic carbocycles. The van der Waals surface area contributed by atoms with Crippen molar-refractivity contribution in [3.63, 3.8) is 0 Å². The van der Waals surface area contributed by atoms with Crippen molar-refractivity contribution in [3.8, 4) is 0 Å². The zero-order chi connectivity index (χ0) is 24.9. The Balaban J connectivity index is 1.78. The zero-order valence-electron chi connectivity index (χ0n) is 17.3. The number of hydrazone groups is 1. The van der Waals surface area contributed by atoms with Crippen molar-refractivity contribution in [2.45, 2.75) is 12.7 Å². The monoisotopic (exact) mass is 508 g/mol. The van der Waals surface area contributed by atoms with Crippen molar-refractivity contribution in [1.82, 2.24) is 5.43 Å². The standard InChI is InChI=1S/C23H17Cl2F3N4O2/c24-16-5-7-20(31-21(33)15-3-1-2-13(8-15)11-29)17(10-16)22(34)32-30-12-14-4-6-19(25)18(9-14)23(26,27)28/h1-10,12H,11,29H2,(H,31,33)(H,32,34)/b30-12+. The van der Waals surface area contributed by atoms with Crippen LogP contribution in [0, 0.1) is 0 Å². The second-order valence-electron chi connectivity index (χ2n) is 6.98. The Morgan fingerprint density at radius 1 is 1.00 bits per heavy atom. The highest BCUT2D eigenvalue weighted by Gasteiger charge is 2.33. The number of alkyl halides is 3. The molecular formula is C23H17Cl2F3N4O2. The van der Waals surface area contributed by atoms with Gasteiger partial charge in [-0.05, 0) is 53.6 Å². The third kappa shape index (κ3) is 6.34. The fourth-order valence-corrected chi connectivity index (χ4v) is 3.31. The van der Waals surface area contributed by atoms with E-state index in [1.54, 1.807) is 24.3 Å². The van der Waals surface area contributed by atoms with E-state index in [9.17, 15) is 22.8 Å². The number of rotatable bonds is 6. The Hall–Kier alpha value is -3.40. The first-order valence-electron chi connectivity index (χ1n) is 9.68. The van der Waals surface area contributed by atoms with Crippen LogP contribution >= 0.6 is 23.2 Å². The highest BCUT2D eigenvalue weighted by atomic mass is 35.5. The lowest BCUT2D eigenvalue weighted by Gasteiger charge is -2.11. The van der Waals surface area contributed by atoms with Crippen LogP contribution in [0.5, 0.6) is 0 Å². The molecule has 0 unspecified atom stereocenters. The van der Waals surface area contributed by atoms with Gasteiger partial charge in [-0.2, -0.15) is 18.3 Å². The Kier molecular flexibility index (Phi) is 7.93. The molecule has 3 rings (SSSR count). The van der Waals surface area contributed by atoms with E-state index in [2.05, 4.69) is 15.8 Å². The number of carbonyl (C=O) groups is 2. The third-order valence-corrected chi connectivity index (χ3v) is 5.14. The molecule has 4 N–H and O–H groups in total. The molecular weight excluding hydrogens is 492 g/mol. The van der Waals surface area contributed by atoms with Gasteiger partial charge < -0.3 is 11.1 Å². The van der Waals surface area contributed by atoms with Crippen LogP contribution in [0.3, 0.4) is 0 Å². The number of amides is 2. The first-order valence-corrected chi connectivity index (χ1v) is 10.4. The zero-order valence-corrected chi connectivity index (χ0v) is 18.8. The van der Waals surface area contributed by atoms with Crippen molar-refractivity contribution in [2.24, 2.45) is 10.8 Å². The van der Waals surface area contributed by atoms with E-state index in [1.807, 2.05) is 0 Å². The molecule has 3 aromatic carbocycles. The third-order valence-electron chi connectivity index (χ3n) is 4.57. The number of halogens is 5. The minimum atomic E-state index is -4.64. The summed E-state index contributed by atoms with van der Waals surface area (Å²) in [6.07, 6.45) is -3.60. The summed E-state index contributed by atoms with van der Waals surface area (Å²) >= 11 is 11.6. The number of hydrogen-bond acceptors (Lipinski definition) is 4. The lowest BCUT2D eigenvalue weighted by Crippen LogP contribution is -2.21. The van der Waals surface area contributed by atoms with E-state index in [1.165, 1.54) is 24.3 Å². The lowest BCUT2D eigenvalue weighted by molar-refractivity contribution is -0.137. The molecule has 0 saturated carbocycles. The van der Waals surface area contributed by atoms with Crippen molar-refractivity contribution >= 4 is 46.9 Å². The number of nitrogens with zero attached hydrogens (tertiary/aromatic N) is 1. The van der Waals surface area contributed by atoms with E-state index in [0.29, 0.717) is 5.56 Å². The van der Waals surface area contributed by atoms with Crippen LogP contribution in [0.1, 0.15) is 37.4 Å². The van der Waals surface area contributed by atoms with Crippen LogP contribution in [0.15, 0.2) is 65.8 Å². The van der Waals surface area contributed by atoms with Crippen LogP contribution in [-0.2, 0) is 12.7 Å². The van der Waals surface area contributed by atoms with E-state index in [0.717, 1.165) is 23.9 Å². The molecule has 176 valence electrons. The summed E-state index contributed by atoms with van der Waals surface area (Å²) < 4.78 is 39.0. The number of benzene rings is 3. The molecule has 6 nitrogen and oxygen atoms in total.